The maximum absolute atomic E-state index is 11.5. The number of ether oxygens (including phenoxy) is 4. The number of hydrogen-bond acceptors (Lipinski definition) is 10. The minimum Gasteiger partial charge on any atom is -0.481 e. The standard InChI is InChI=1S/C12H20O6.C12H20O4.C11H14O2/c1-4-12(2,3)11(16)18-8-7-17-10(15)6-5-9(13)14;1-6-12(4,5)11(14)16-8-7-15-10(13)9(2)3;1-3-8(2)9-4-6-10(7-5-9)11(12)13/h4-8H2,1-3H3,(H,13,14);2,6-8H2,1,3-5H3;4-8H,3H2,1-2H3,(H,12,13). The van der Waals surface area contributed by atoms with Crippen LogP contribution < -0.4 is 0 Å². The average molecular weight is 667 g/mol. The Morgan fingerprint density at radius 1 is 0.723 bits per heavy atom. The molecule has 266 valence electrons. The van der Waals surface area contributed by atoms with Gasteiger partial charge in [0.05, 0.1) is 29.2 Å². The van der Waals surface area contributed by atoms with E-state index in [0.717, 1.165) is 6.42 Å². The number of hydrogen-bond donors (Lipinski definition) is 2. The number of carboxylic acids is 2. The third-order valence-corrected chi connectivity index (χ3v) is 7.23. The molecule has 1 aromatic rings. The Morgan fingerprint density at radius 3 is 1.51 bits per heavy atom. The molecule has 0 aliphatic heterocycles. The van der Waals surface area contributed by atoms with E-state index < -0.39 is 34.7 Å². The van der Waals surface area contributed by atoms with Gasteiger partial charge in [-0.15, -0.1) is 0 Å². The number of carbonyl (C=O) groups excluding carboxylic acids is 4. The maximum atomic E-state index is 11.5. The number of benzene rings is 1. The van der Waals surface area contributed by atoms with Gasteiger partial charge < -0.3 is 29.2 Å². The summed E-state index contributed by atoms with van der Waals surface area (Å²) in [5.41, 5.74) is 0.853. The fraction of sp³-hybridized carbons (Fsp3) is 0.600. The Bertz CT molecular complexity index is 1170. The molecule has 0 aliphatic carbocycles. The fourth-order valence-corrected chi connectivity index (χ4v) is 2.83. The van der Waals surface area contributed by atoms with Crippen LogP contribution in [0.5, 0.6) is 0 Å². The summed E-state index contributed by atoms with van der Waals surface area (Å²) in [6.07, 6.45) is 2.00. The molecule has 0 heterocycles. The van der Waals surface area contributed by atoms with Crippen molar-refractivity contribution in [2.24, 2.45) is 10.8 Å². The van der Waals surface area contributed by atoms with Crippen molar-refractivity contribution in [3.8, 4) is 0 Å². The summed E-state index contributed by atoms with van der Waals surface area (Å²) >= 11 is 0. The van der Waals surface area contributed by atoms with Crippen LogP contribution in [-0.2, 0) is 42.9 Å². The van der Waals surface area contributed by atoms with Crippen molar-refractivity contribution in [1.82, 2.24) is 0 Å². The lowest BCUT2D eigenvalue weighted by molar-refractivity contribution is -0.159. The first-order valence-electron chi connectivity index (χ1n) is 15.6. The van der Waals surface area contributed by atoms with Crippen molar-refractivity contribution >= 4 is 35.8 Å². The molecule has 0 bridgehead atoms. The SMILES string of the molecule is C=C(C)C(=O)OCCOC(=O)C(C)(C)CC.CCC(C)(C)C(=O)OCCOC(=O)CCC(=O)O.CCC(C)c1ccc(C(=O)O)cc1. The van der Waals surface area contributed by atoms with Crippen LogP contribution >= 0.6 is 0 Å². The predicted octanol–water partition coefficient (Wildman–Crippen LogP) is 6.36. The molecule has 12 nitrogen and oxygen atoms in total. The Kier molecular flexibility index (Phi) is 22.1. The largest absolute Gasteiger partial charge is 0.481 e. The Balaban J connectivity index is 0. The van der Waals surface area contributed by atoms with E-state index in [1.54, 1.807) is 32.9 Å². The van der Waals surface area contributed by atoms with Gasteiger partial charge in [-0.25, -0.2) is 9.59 Å². The highest BCUT2D eigenvalue weighted by Gasteiger charge is 2.27. The summed E-state index contributed by atoms with van der Waals surface area (Å²) < 4.78 is 19.4. The van der Waals surface area contributed by atoms with E-state index in [2.05, 4.69) is 20.4 Å². The van der Waals surface area contributed by atoms with Crippen LogP contribution in [0.25, 0.3) is 0 Å². The highest BCUT2D eigenvalue weighted by molar-refractivity contribution is 5.87. The van der Waals surface area contributed by atoms with Crippen molar-refractivity contribution in [2.45, 2.75) is 100 Å². The number of aromatic carboxylic acids is 1. The molecule has 0 spiro atoms. The summed E-state index contributed by atoms with van der Waals surface area (Å²) in [6, 6.07) is 7.09. The van der Waals surface area contributed by atoms with E-state index in [4.69, 9.17) is 29.2 Å². The van der Waals surface area contributed by atoms with Crippen molar-refractivity contribution in [3.05, 3.63) is 47.5 Å². The van der Waals surface area contributed by atoms with E-state index in [-0.39, 0.29) is 51.2 Å². The van der Waals surface area contributed by atoms with Crippen LogP contribution in [0.4, 0.5) is 0 Å². The number of carbonyl (C=O) groups is 6. The molecule has 0 saturated carbocycles. The molecule has 1 aromatic carbocycles. The van der Waals surface area contributed by atoms with Gasteiger partial charge in [-0.3, -0.25) is 19.2 Å². The predicted molar refractivity (Wildman–Crippen MR) is 176 cm³/mol. The Labute approximate surface area is 278 Å². The first kappa shape index (κ1) is 44.9. The third-order valence-electron chi connectivity index (χ3n) is 7.23. The first-order valence-corrected chi connectivity index (χ1v) is 15.6. The topological polar surface area (TPSA) is 180 Å². The maximum Gasteiger partial charge on any atom is 0.335 e. The van der Waals surface area contributed by atoms with Crippen LogP contribution in [0, 0.1) is 10.8 Å². The fourth-order valence-electron chi connectivity index (χ4n) is 2.83. The number of rotatable bonds is 17. The molecule has 0 saturated heterocycles. The van der Waals surface area contributed by atoms with Gasteiger partial charge >= 0.3 is 35.8 Å². The van der Waals surface area contributed by atoms with Crippen LogP contribution in [0.3, 0.4) is 0 Å². The molecule has 0 radical (unpaired) electrons. The quantitative estimate of drug-likeness (QED) is 0.0814. The third kappa shape index (κ3) is 20.5. The molecule has 1 unspecified atom stereocenters. The summed E-state index contributed by atoms with van der Waals surface area (Å²) in [4.78, 5) is 65.7. The zero-order valence-corrected chi connectivity index (χ0v) is 29.4. The van der Waals surface area contributed by atoms with E-state index in [1.165, 1.54) is 5.56 Å². The van der Waals surface area contributed by atoms with Gasteiger partial charge in [-0.1, -0.05) is 46.4 Å². The van der Waals surface area contributed by atoms with Gasteiger partial charge in [-0.05, 0) is 77.5 Å². The van der Waals surface area contributed by atoms with Crippen LogP contribution in [0.2, 0.25) is 0 Å². The number of esters is 4. The van der Waals surface area contributed by atoms with Gasteiger partial charge in [0.2, 0.25) is 0 Å². The summed E-state index contributed by atoms with van der Waals surface area (Å²) in [7, 11) is 0. The lowest BCUT2D eigenvalue weighted by Gasteiger charge is -2.20. The summed E-state index contributed by atoms with van der Waals surface area (Å²) in [5.74, 6) is -3.11. The molecule has 1 atom stereocenters. The molecule has 0 aromatic heterocycles. The van der Waals surface area contributed by atoms with Crippen molar-refractivity contribution in [3.63, 3.8) is 0 Å². The highest BCUT2D eigenvalue weighted by Crippen LogP contribution is 2.22. The minimum absolute atomic E-state index is 0.0128. The van der Waals surface area contributed by atoms with Crippen LogP contribution in [0.1, 0.15) is 116 Å². The van der Waals surface area contributed by atoms with Gasteiger partial charge in [0, 0.05) is 5.57 Å². The lowest BCUT2D eigenvalue weighted by Crippen LogP contribution is -2.27. The molecule has 2 N–H and O–H groups in total. The highest BCUT2D eigenvalue weighted by atomic mass is 16.6. The van der Waals surface area contributed by atoms with Crippen molar-refractivity contribution in [1.29, 1.82) is 0 Å². The minimum atomic E-state index is -1.05. The molecule has 12 heteroatoms. The van der Waals surface area contributed by atoms with E-state index in [0.29, 0.717) is 29.9 Å². The number of carboxylic acid groups (broad SMARTS) is 2. The second-order valence-corrected chi connectivity index (χ2v) is 12.0. The molecule has 0 aliphatic rings. The molecule has 0 amide bonds. The van der Waals surface area contributed by atoms with Gasteiger partial charge in [0.25, 0.3) is 0 Å². The zero-order chi connectivity index (χ0) is 36.8. The molecule has 47 heavy (non-hydrogen) atoms. The smallest absolute Gasteiger partial charge is 0.335 e. The molecule has 0 fully saturated rings. The Morgan fingerprint density at radius 2 is 1.15 bits per heavy atom. The zero-order valence-electron chi connectivity index (χ0n) is 29.4. The monoisotopic (exact) mass is 666 g/mol. The van der Waals surface area contributed by atoms with Crippen LogP contribution in [0.15, 0.2) is 36.4 Å². The lowest BCUT2D eigenvalue weighted by atomic mass is 9.91. The molecule has 1 rings (SSSR count). The van der Waals surface area contributed by atoms with Crippen molar-refractivity contribution in [2.75, 3.05) is 26.4 Å². The van der Waals surface area contributed by atoms with Gasteiger partial charge in [-0.2, -0.15) is 0 Å². The second kappa shape index (κ2) is 23.2. The Hall–Kier alpha value is -4.22. The average Bonchev–Trinajstić information content (AvgIpc) is 3.03. The molecular formula is C35H54O12. The summed E-state index contributed by atoms with van der Waals surface area (Å²) in [6.45, 7) is 20.3. The van der Waals surface area contributed by atoms with Crippen LogP contribution in [-0.4, -0.2) is 72.5 Å². The van der Waals surface area contributed by atoms with E-state index in [1.807, 2.05) is 39.8 Å². The number of aliphatic carboxylic acids is 1. The van der Waals surface area contributed by atoms with Crippen molar-refractivity contribution < 1.29 is 57.9 Å². The van der Waals surface area contributed by atoms with E-state index >= 15 is 0 Å². The first-order chi connectivity index (χ1) is 21.7. The van der Waals surface area contributed by atoms with Gasteiger partial charge in [0.15, 0.2) is 0 Å². The van der Waals surface area contributed by atoms with E-state index in [9.17, 15) is 28.8 Å². The second-order valence-electron chi connectivity index (χ2n) is 12.0. The molecular weight excluding hydrogens is 612 g/mol. The summed E-state index contributed by atoms with van der Waals surface area (Å²) in [5, 5.41) is 17.0. The van der Waals surface area contributed by atoms with Gasteiger partial charge in [0.1, 0.15) is 26.4 Å². The normalized spacial score (nSPS) is 11.3.